The van der Waals surface area contributed by atoms with E-state index in [9.17, 15) is 20.1 Å². The minimum absolute atomic E-state index is 0.0635. The summed E-state index contributed by atoms with van der Waals surface area (Å²) < 4.78 is 11.3. The first-order chi connectivity index (χ1) is 18.4. The lowest BCUT2D eigenvalue weighted by molar-refractivity contribution is -0.146. The molecule has 39 heavy (non-hydrogen) atoms. The van der Waals surface area contributed by atoms with Crippen molar-refractivity contribution < 1.29 is 29.6 Å². The maximum atomic E-state index is 12.9. The van der Waals surface area contributed by atoms with Gasteiger partial charge in [-0.05, 0) is 58.4 Å². The van der Waals surface area contributed by atoms with Gasteiger partial charge in [0.15, 0.2) is 0 Å². The number of hydrogen-bond donors (Lipinski definition) is 3. The van der Waals surface area contributed by atoms with Crippen LogP contribution in [0.5, 0.6) is 0 Å². The lowest BCUT2D eigenvalue weighted by atomic mass is 9.85. The highest BCUT2D eigenvalue weighted by Crippen LogP contribution is 2.24. The molecule has 1 aliphatic heterocycles. The molecule has 1 aliphatic rings. The number of aliphatic hydroxyl groups excluding tert-OH is 3. The van der Waals surface area contributed by atoms with Crippen LogP contribution in [0.4, 0.5) is 0 Å². The number of esters is 1. The summed E-state index contributed by atoms with van der Waals surface area (Å²) in [6, 6.07) is 0. The molecule has 0 amide bonds. The molecule has 3 N–H and O–H groups in total. The van der Waals surface area contributed by atoms with Gasteiger partial charge < -0.3 is 24.8 Å². The third-order valence-corrected chi connectivity index (χ3v) is 7.94. The molecule has 0 aromatic carbocycles. The molecule has 0 saturated heterocycles. The maximum Gasteiger partial charge on any atom is 0.334 e. The van der Waals surface area contributed by atoms with E-state index in [1.54, 1.807) is 14.0 Å². The Bertz CT molecular complexity index is 869. The molecule has 0 saturated carbocycles. The second-order valence-electron chi connectivity index (χ2n) is 11.4. The summed E-state index contributed by atoms with van der Waals surface area (Å²) in [6.07, 6.45) is 17.0. The fraction of sp³-hybridized carbons (Fsp3) is 0.667. The number of ether oxygens (including phenoxy) is 2. The van der Waals surface area contributed by atoms with E-state index in [-0.39, 0.29) is 41.8 Å². The number of hydrogen-bond acceptors (Lipinski definition) is 6. The highest BCUT2D eigenvalue weighted by Gasteiger charge is 2.29. The predicted octanol–water partition coefficient (Wildman–Crippen LogP) is 6.09. The highest BCUT2D eigenvalue weighted by molar-refractivity contribution is 5.88. The van der Waals surface area contributed by atoms with E-state index >= 15 is 0 Å². The normalized spacial score (nSPS) is 31.1. The van der Waals surface area contributed by atoms with Gasteiger partial charge in [-0.1, -0.05) is 75.8 Å². The lowest BCUT2D eigenvalue weighted by Gasteiger charge is -2.31. The summed E-state index contributed by atoms with van der Waals surface area (Å²) in [5, 5.41) is 31.6. The fourth-order valence-corrected chi connectivity index (χ4v) is 4.65. The van der Waals surface area contributed by atoms with E-state index in [0.29, 0.717) is 24.8 Å². The Labute approximate surface area is 237 Å². The molecule has 0 unspecified atom stereocenters. The van der Waals surface area contributed by atoms with Crippen LogP contribution in [0.3, 0.4) is 0 Å². The van der Waals surface area contributed by atoms with Crippen molar-refractivity contribution in [3.63, 3.8) is 0 Å². The van der Waals surface area contributed by atoms with Crippen molar-refractivity contribution in [2.75, 3.05) is 7.11 Å². The molecule has 1 heterocycles. The molecule has 0 fully saturated rings. The van der Waals surface area contributed by atoms with Crippen LogP contribution in [-0.4, -0.2) is 58.9 Å². The molecule has 0 aromatic rings. The third-order valence-electron chi connectivity index (χ3n) is 7.94. The average molecular weight is 547 g/mol. The average Bonchev–Trinajstić information content (AvgIpc) is 2.90. The lowest BCUT2D eigenvalue weighted by Crippen LogP contribution is -2.38. The molecule has 0 spiro atoms. The Hall–Kier alpha value is -1.99. The minimum atomic E-state index is -0.663. The SMILES string of the molecule is CO[C@@H](C)[C@@H](C)[C@H](O)[C@H](C)[C@@H](O)C/C=C/C[C@H](C)[C@@H]1C/C=C/CC/C=C/[C@@H](O)[C@H](C)/C=C(C)\C=C(\C)C(=O)O1. The Kier molecular flexibility index (Phi) is 16.5. The molecule has 6 heteroatoms. The van der Waals surface area contributed by atoms with Gasteiger partial charge in [0.2, 0.25) is 0 Å². The van der Waals surface area contributed by atoms with Crippen LogP contribution in [0.2, 0.25) is 0 Å². The molecule has 1 rings (SSSR count). The monoisotopic (exact) mass is 546 g/mol. The smallest absolute Gasteiger partial charge is 0.334 e. The summed E-state index contributed by atoms with van der Waals surface area (Å²) in [5.74, 6) is -0.692. The van der Waals surface area contributed by atoms with Gasteiger partial charge in [0.05, 0.1) is 24.4 Å². The van der Waals surface area contributed by atoms with E-state index in [1.807, 2.05) is 71.1 Å². The molecule has 222 valence electrons. The van der Waals surface area contributed by atoms with Gasteiger partial charge in [0.25, 0.3) is 0 Å². The Morgan fingerprint density at radius 3 is 2.33 bits per heavy atom. The van der Waals surface area contributed by atoms with E-state index in [2.05, 4.69) is 19.1 Å². The molecular formula is C33H54O6. The highest BCUT2D eigenvalue weighted by atomic mass is 16.5. The second kappa shape index (κ2) is 18.4. The topological polar surface area (TPSA) is 96.2 Å². The number of carbonyl (C=O) groups excluding carboxylic acids is 1. The quantitative estimate of drug-likeness (QED) is 0.227. The Morgan fingerprint density at radius 1 is 1.03 bits per heavy atom. The van der Waals surface area contributed by atoms with Gasteiger partial charge in [-0.25, -0.2) is 4.79 Å². The Morgan fingerprint density at radius 2 is 1.67 bits per heavy atom. The first kappa shape index (κ1) is 35.0. The van der Waals surface area contributed by atoms with Gasteiger partial charge in [0.1, 0.15) is 6.10 Å². The van der Waals surface area contributed by atoms with E-state index in [1.165, 1.54) is 0 Å². The first-order valence-corrected chi connectivity index (χ1v) is 14.5. The zero-order valence-corrected chi connectivity index (χ0v) is 25.4. The van der Waals surface area contributed by atoms with Crippen molar-refractivity contribution in [1.29, 1.82) is 0 Å². The van der Waals surface area contributed by atoms with Crippen molar-refractivity contribution in [3.05, 3.63) is 59.8 Å². The molecule has 0 aliphatic carbocycles. The summed E-state index contributed by atoms with van der Waals surface area (Å²) in [6.45, 7) is 13.4. The van der Waals surface area contributed by atoms with Crippen molar-refractivity contribution in [2.24, 2.45) is 23.7 Å². The van der Waals surface area contributed by atoms with E-state index < -0.39 is 18.3 Å². The molecule has 9 atom stereocenters. The molecular weight excluding hydrogens is 492 g/mol. The number of rotatable bonds is 10. The zero-order chi connectivity index (χ0) is 29.5. The first-order valence-electron chi connectivity index (χ1n) is 14.5. The predicted molar refractivity (Wildman–Crippen MR) is 159 cm³/mol. The van der Waals surface area contributed by atoms with Gasteiger partial charge in [0, 0.05) is 36.9 Å². The van der Waals surface area contributed by atoms with Gasteiger partial charge >= 0.3 is 5.97 Å². The van der Waals surface area contributed by atoms with Gasteiger partial charge in [-0.3, -0.25) is 0 Å². The van der Waals surface area contributed by atoms with Crippen LogP contribution in [0.1, 0.15) is 80.6 Å². The largest absolute Gasteiger partial charge is 0.458 e. The van der Waals surface area contributed by atoms with E-state index in [0.717, 1.165) is 18.4 Å². The summed E-state index contributed by atoms with van der Waals surface area (Å²) in [5.41, 5.74) is 1.44. The number of allylic oxidation sites excluding steroid dienone is 5. The van der Waals surface area contributed by atoms with Crippen LogP contribution in [0, 0.1) is 23.7 Å². The van der Waals surface area contributed by atoms with Crippen LogP contribution >= 0.6 is 0 Å². The number of methoxy groups -OCH3 is 1. The zero-order valence-electron chi connectivity index (χ0n) is 25.4. The van der Waals surface area contributed by atoms with Crippen molar-refractivity contribution in [1.82, 2.24) is 0 Å². The third kappa shape index (κ3) is 12.8. The minimum Gasteiger partial charge on any atom is -0.458 e. The molecule has 0 aromatic heterocycles. The number of aliphatic hydroxyl groups is 3. The summed E-state index contributed by atoms with van der Waals surface area (Å²) in [7, 11) is 1.62. The van der Waals surface area contributed by atoms with Crippen LogP contribution in [-0.2, 0) is 14.3 Å². The molecule has 0 bridgehead atoms. The van der Waals surface area contributed by atoms with Crippen molar-refractivity contribution in [2.45, 2.75) is 111 Å². The number of cyclic esters (lactones) is 1. The Balaban J connectivity index is 2.86. The van der Waals surface area contributed by atoms with Gasteiger partial charge in [-0.15, -0.1) is 0 Å². The summed E-state index contributed by atoms with van der Waals surface area (Å²) in [4.78, 5) is 12.9. The summed E-state index contributed by atoms with van der Waals surface area (Å²) >= 11 is 0. The van der Waals surface area contributed by atoms with Crippen LogP contribution in [0.15, 0.2) is 59.8 Å². The number of carbonyl (C=O) groups is 1. The standard InChI is InChI=1S/C33H54O6/c1-22-20-24(3)29(34)17-12-10-9-11-13-19-31(39-33(37)25(4)21-22)23(2)16-14-15-18-30(35)27(6)32(36)26(5)28(7)38-8/h11-15,17,20-21,23-24,26-32,34-36H,9-10,16,18-19H2,1-8H3/b13-11+,15-14+,17-12+,22-20-,25-21-/t23-,24+,26+,27+,28-,29+,30-,31-,32-/m0/s1. The van der Waals surface area contributed by atoms with Crippen LogP contribution < -0.4 is 0 Å². The van der Waals surface area contributed by atoms with Crippen LogP contribution in [0.25, 0.3) is 0 Å². The van der Waals surface area contributed by atoms with Crippen molar-refractivity contribution in [3.8, 4) is 0 Å². The fourth-order valence-electron chi connectivity index (χ4n) is 4.65. The van der Waals surface area contributed by atoms with Gasteiger partial charge in [-0.2, -0.15) is 0 Å². The molecule has 0 radical (unpaired) electrons. The maximum absolute atomic E-state index is 12.9. The van der Waals surface area contributed by atoms with E-state index in [4.69, 9.17) is 9.47 Å². The van der Waals surface area contributed by atoms with Crippen molar-refractivity contribution >= 4 is 5.97 Å². The second-order valence-corrected chi connectivity index (χ2v) is 11.4. The molecule has 6 nitrogen and oxygen atoms in total.